The summed E-state index contributed by atoms with van der Waals surface area (Å²) in [4.78, 5) is 13.0. The van der Waals surface area contributed by atoms with Gasteiger partial charge < -0.3 is 5.32 Å². The van der Waals surface area contributed by atoms with Crippen molar-refractivity contribution >= 4 is 11.6 Å². The van der Waals surface area contributed by atoms with Gasteiger partial charge in [-0.2, -0.15) is 0 Å². The zero-order valence-electron chi connectivity index (χ0n) is 13.6. The molecule has 0 saturated carbocycles. The van der Waals surface area contributed by atoms with E-state index in [9.17, 15) is 0 Å². The number of benzene rings is 1. The lowest BCUT2D eigenvalue weighted by Gasteiger charge is -2.12. The number of pyridine rings is 1. The van der Waals surface area contributed by atoms with Crippen molar-refractivity contribution in [2.45, 2.75) is 26.7 Å². The number of anilines is 2. The average molecular weight is 304 g/mol. The predicted molar refractivity (Wildman–Crippen MR) is 93.8 cm³/mol. The van der Waals surface area contributed by atoms with Crippen molar-refractivity contribution in [3.63, 3.8) is 0 Å². The molecule has 0 aliphatic rings. The summed E-state index contributed by atoms with van der Waals surface area (Å²) in [7, 11) is 0. The molecule has 2 aromatic heterocycles. The lowest BCUT2D eigenvalue weighted by molar-refractivity contribution is 0.865. The van der Waals surface area contributed by atoms with Gasteiger partial charge in [-0.15, -0.1) is 0 Å². The highest BCUT2D eigenvalue weighted by atomic mass is 15.1. The van der Waals surface area contributed by atoms with Crippen molar-refractivity contribution in [3.8, 4) is 11.3 Å². The molecule has 116 valence electrons. The largest absolute Gasteiger partial charge is 0.324 e. The van der Waals surface area contributed by atoms with Crippen LogP contribution in [0.5, 0.6) is 0 Å². The minimum absolute atomic E-state index is 0.521. The van der Waals surface area contributed by atoms with Crippen molar-refractivity contribution in [3.05, 3.63) is 66.1 Å². The van der Waals surface area contributed by atoms with Gasteiger partial charge in [0.2, 0.25) is 5.95 Å². The van der Waals surface area contributed by atoms with E-state index in [1.807, 2.05) is 18.2 Å². The standard InChI is InChI=1S/C19H20N4/c1-13(2)15-6-7-17(14(3)11-15)22-19-21-10-8-18(23-19)16-5-4-9-20-12-16/h4-13H,1-3H3,(H,21,22,23). The molecular weight excluding hydrogens is 284 g/mol. The van der Waals surface area contributed by atoms with Crippen molar-refractivity contribution in [2.24, 2.45) is 0 Å². The van der Waals surface area contributed by atoms with Gasteiger partial charge in [0.05, 0.1) is 5.69 Å². The van der Waals surface area contributed by atoms with Crippen LogP contribution in [0.4, 0.5) is 11.6 Å². The van der Waals surface area contributed by atoms with E-state index in [4.69, 9.17) is 0 Å². The Balaban J connectivity index is 1.86. The highest BCUT2D eigenvalue weighted by Gasteiger charge is 2.06. The van der Waals surface area contributed by atoms with E-state index in [1.54, 1.807) is 18.6 Å². The van der Waals surface area contributed by atoms with Crippen LogP contribution in [-0.4, -0.2) is 15.0 Å². The summed E-state index contributed by atoms with van der Waals surface area (Å²) in [6.07, 6.45) is 5.31. The fourth-order valence-electron chi connectivity index (χ4n) is 2.40. The van der Waals surface area contributed by atoms with E-state index in [0.29, 0.717) is 11.9 Å². The summed E-state index contributed by atoms with van der Waals surface area (Å²) in [6.45, 7) is 6.49. The number of aromatic nitrogens is 3. The molecule has 0 amide bonds. The van der Waals surface area contributed by atoms with E-state index in [-0.39, 0.29) is 0 Å². The fourth-order valence-corrected chi connectivity index (χ4v) is 2.40. The zero-order chi connectivity index (χ0) is 16.2. The Hall–Kier alpha value is -2.75. The Labute approximate surface area is 136 Å². The quantitative estimate of drug-likeness (QED) is 0.758. The molecule has 0 unspecified atom stereocenters. The maximum absolute atomic E-state index is 4.57. The lowest BCUT2D eigenvalue weighted by Crippen LogP contribution is -2.00. The molecule has 0 fully saturated rings. The summed E-state index contributed by atoms with van der Waals surface area (Å²) in [5.41, 5.74) is 5.37. The first-order chi connectivity index (χ1) is 11.1. The molecule has 1 N–H and O–H groups in total. The van der Waals surface area contributed by atoms with Gasteiger partial charge in [-0.05, 0) is 48.2 Å². The third-order valence-corrected chi connectivity index (χ3v) is 3.78. The van der Waals surface area contributed by atoms with Gasteiger partial charge in [-0.3, -0.25) is 4.98 Å². The van der Waals surface area contributed by atoms with Crippen LogP contribution in [0.1, 0.15) is 30.9 Å². The van der Waals surface area contributed by atoms with Gasteiger partial charge in [0.25, 0.3) is 0 Å². The number of nitrogens with one attached hydrogen (secondary N) is 1. The summed E-state index contributed by atoms with van der Waals surface area (Å²) < 4.78 is 0. The molecule has 0 spiro atoms. The summed E-state index contributed by atoms with van der Waals surface area (Å²) in [5, 5.41) is 3.31. The second-order valence-corrected chi connectivity index (χ2v) is 5.86. The molecule has 0 aliphatic heterocycles. The third-order valence-electron chi connectivity index (χ3n) is 3.78. The predicted octanol–water partition coefficient (Wildman–Crippen LogP) is 4.71. The number of rotatable bonds is 4. The average Bonchev–Trinajstić information content (AvgIpc) is 2.57. The molecule has 4 heteroatoms. The topological polar surface area (TPSA) is 50.7 Å². The normalized spacial score (nSPS) is 10.8. The number of hydrogen-bond acceptors (Lipinski definition) is 4. The molecule has 0 aliphatic carbocycles. The summed E-state index contributed by atoms with van der Waals surface area (Å²) >= 11 is 0. The van der Waals surface area contributed by atoms with E-state index in [1.165, 1.54) is 11.1 Å². The second kappa shape index (κ2) is 6.57. The van der Waals surface area contributed by atoms with Gasteiger partial charge >= 0.3 is 0 Å². The monoisotopic (exact) mass is 304 g/mol. The fraction of sp³-hybridized carbons (Fsp3) is 0.211. The second-order valence-electron chi connectivity index (χ2n) is 5.86. The molecule has 23 heavy (non-hydrogen) atoms. The Morgan fingerprint density at radius 1 is 1.04 bits per heavy atom. The van der Waals surface area contributed by atoms with Gasteiger partial charge in [0, 0.05) is 29.8 Å². The third kappa shape index (κ3) is 3.54. The van der Waals surface area contributed by atoms with Crippen molar-refractivity contribution in [2.75, 3.05) is 5.32 Å². The van der Waals surface area contributed by atoms with Crippen LogP contribution in [0, 0.1) is 6.92 Å². The maximum atomic E-state index is 4.57. The molecule has 1 aromatic carbocycles. The minimum atomic E-state index is 0.521. The summed E-state index contributed by atoms with van der Waals surface area (Å²) in [5.74, 6) is 1.11. The SMILES string of the molecule is Cc1cc(C(C)C)ccc1Nc1nccc(-c2cccnc2)n1. The molecule has 0 radical (unpaired) electrons. The summed E-state index contributed by atoms with van der Waals surface area (Å²) in [6, 6.07) is 12.2. The molecule has 3 rings (SSSR count). The van der Waals surface area contributed by atoms with E-state index in [0.717, 1.165) is 16.9 Å². The number of nitrogens with zero attached hydrogens (tertiary/aromatic N) is 3. The van der Waals surface area contributed by atoms with E-state index < -0.39 is 0 Å². The van der Waals surface area contributed by atoms with Gasteiger partial charge in [0.15, 0.2) is 0 Å². The van der Waals surface area contributed by atoms with Crippen LogP contribution < -0.4 is 5.32 Å². The number of hydrogen-bond donors (Lipinski definition) is 1. The van der Waals surface area contributed by atoms with Crippen molar-refractivity contribution < 1.29 is 0 Å². The Kier molecular flexibility index (Phi) is 4.33. The lowest BCUT2D eigenvalue weighted by atomic mass is 10.0. The zero-order valence-corrected chi connectivity index (χ0v) is 13.6. The minimum Gasteiger partial charge on any atom is -0.324 e. The molecule has 0 bridgehead atoms. The van der Waals surface area contributed by atoms with Crippen molar-refractivity contribution in [1.82, 2.24) is 15.0 Å². The van der Waals surface area contributed by atoms with E-state index in [2.05, 4.69) is 59.2 Å². The molecule has 2 heterocycles. The highest BCUT2D eigenvalue weighted by molar-refractivity contribution is 5.63. The van der Waals surface area contributed by atoms with Crippen LogP contribution in [0.25, 0.3) is 11.3 Å². The van der Waals surface area contributed by atoms with Crippen LogP contribution in [0.2, 0.25) is 0 Å². The molecule has 4 nitrogen and oxygen atoms in total. The van der Waals surface area contributed by atoms with Crippen LogP contribution >= 0.6 is 0 Å². The maximum Gasteiger partial charge on any atom is 0.227 e. The first kappa shape index (κ1) is 15.2. The van der Waals surface area contributed by atoms with Gasteiger partial charge in [0.1, 0.15) is 0 Å². The van der Waals surface area contributed by atoms with Gasteiger partial charge in [-0.25, -0.2) is 9.97 Å². The van der Waals surface area contributed by atoms with Crippen LogP contribution in [0.15, 0.2) is 55.0 Å². The Morgan fingerprint density at radius 2 is 1.91 bits per heavy atom. The van der Waals surface area contributed by atoms with Crippen LogP contribution in [0.3, 0.4) is 0 Å². The first-order valence-corrected chi connectivity index (χ1v) is 7.74. The first-order valence-electron chi connectivity index (χ1n) is 7.74. The Morgan fingerprint density at radius 3 is 2.61 bits per heavy atom. The van der Waals surface area contributed by atoms with Crippen LogP contribution in [-0.2, 0) is 0 Å². The van der Waals surface area contributed by atoms with Crippen molar-refractivity contribution in [1.29, 1.82) is 0 Å². The van der Waals surface area contributed by atoms with Gasteiger partial charge in [-0.1, -0.05) is 26.0 Å². The molecular formula is C19H20N4. The van der Waals surface area contributed by atoms with E-state index >= 15 is 0 Å². The highest BCUT2D eigenvalue weighted by Crippen LogP contribution is 2.24. The molecule has 0 atom stereocenters. The molecule has 0 saturated heterocycles. The Bertz CT molecular complexity index is 797. The number of aryl methyl sites for hydroxylation is 1. The smallest absolute Gasteiger partial charge is 0.227 e. The molecule has 3 aromatic rings.